The Bertz CT molecular complexity index is 629. The highest BCUT2D eigenvalue weighted by atomic mass is 32.2. The predicted octanol–water partition coefficient (Wildman–Crippen LogP) is 2.88. The van der Waals surface area contributed by atoms with Crippen LogP contribution in [-0.2, 0) is 9.84 Å². The Balaban J connectivity index is 1.93. The van der Waals surface area contributed by atoms with Crippen molar-refractivity contribution >= 4 is 21.1 Å². The molecule has 0 N–H and O–H groups in total. The van der Waals surface area contributed by atoms with Crippen LogP contribution in [-0.4, -0.2) is 33.0 Å². The molecule has 1 saturated heterocycles. The van der Waals surface area contributed by atoms with E-state index >= 15 is 0 Å². The van der Waals surface area contributed by atoms with Crippen LogP contribution in [0.25, 0.3) is 5.57 Å². The molecule has 0 saturated carbocycles. The molecule has 2 aliphatic heterocycles. The van der Waals surface area contributed by atoms with Gasteiger partial charge in [0, 0.05) is 19.8 Å². The minimum Gasteiger partial charge on any atom is -0.378 e. The summed E-state index contributed by atoms with van der Waals surface area (Å²) in [4.78, 5) is 2.07. The van der Waals surface area contributed by atoms with Crippen molar-refractivity contribution in [2.24, 2.45) is 0 Å². The van der Waals surface area contributed by atoms with Gasteiger partial charge in [0.2, 0.25) is 0 Å². The molecule has 108 valence electrons. The van der Waals surface area contributed by atoms with Crippen LogP contribution in [0.5, 0.6) is 0 Å². The SMILES string of the molecule is CN(C)c1ccc(C2=CC3CCCC(C2)S3(=O)=O)cc1. The van der Waals surface area contributed by atoms with Crippen molar-refractivity contribution in [2.45, 2.75) is 36.2 Å². The van der Waals surface area contributed by atoms with Gasteiger partial charge in [-0.15, -0.1) is 0 Å². The second-order valence-corrected chi connectivity index (χ2v) is 8.47. The number of hydrogen-bond acceptors (Lipinski definition) is 3. The Labute approximate surface area is 121 Å². The molecule has 20 heavy (non-hydrogen) atoms. The van der Waals surface area contributed by atoms with Gasteiger partial charge in [-0.05, 0) is 42.5 Å². The third kappa shape index (κ3) is 2.26. The summed E-state index contributed by atoms with van der Waals surface area (Å²) in [5.74, 6) is 0. The molecule has 0 aromatic heterocycles. The summed E-state index contributed by atoms with van der Waals surface area (Å²) in [5, 5.41) is -0.409. The van der Waals surface area contributed by atoms with E-state index in [0.717, 1.165) is 24.9 Å². The van der Waals surface area contributed by atoms with E-state index in [1.807, 2.05) is 20.2 Å². The van der Waals surface area contributed by atoms with Gasteiger partial charge in [-0.2, -0.15) is 0 Å². The average Bonchev–Trinajstić information content (AvgIpc) is 2.37. The third-order valence-corrected chi connectivity index (χ3v) is 7.04. The van der Waals surface area contributed by atoms with Gasteiger partial charge in [-0.1, -0.05) is 24.6 Å². The second kappa shape index (κ2) is 4.92. The number of rotatable bonds is 2. The Kier molecular flexibility index (Phi) is 3.36. The first kappa shape index (κ1) is 13.7. The number of hydrogen-bond donors (Lipinski definition) is 0. The van der Waals surface area contributed by atoms with E-state index in [-0.39, 0.29) is 10.5 Å². The smallest absolute Gasteiger partial charge is 0.159 e. The van der Waals surface area contributed by atoms with Crippen molar-refractivity contribution < 1.29 is 8.42 Å². The number of allylic oxidation sites excluding steroid dienone is 1. The van der Waals surface area contributed by atoms with Crippen LogP contribution in [0.4, 0.5) is 5.69 Å². The molecular formula is C16H21NO2S. The van der Waals surface area contributed by atoms with Crippen molar-refractivity contribution in [3.8, 4) is 0 Å². The van der Waals surface area contributed by atoms with Crippen molar-refractivity contribution in [3.05, 3.63) is 35.9 Å². The molecule has 0 aliphatic carbocycles. The maximum absolute atomic E-state index is 12.3. The molecular weight excluding hydrogens is 270 g/mol. The minimum absolute atomic E-state index is 0.158. The fraction of sp³-hybridized carbons (Fsp3) is 0.500. The van der Waals surface area contributed by atoms with Crippen molar-refractivity contribution in [2.75, 3.05) is 19.0 Å². The molecule has 0 amide bonds. The van der Waals surface area contributed by atoms with E-state index in [9.17, 15) is 8.42 Å². The van der Waals surface area contributed by atoms with Gasteiger partial charge in [0.15, 0.2) is 9.84 Å². The Morgan fingerprint density at radius 3 is 2.40 bits per heavy atom. The van der Waals surface area contributed by atoms with Gasteiger partial charge in [0.1, 0.15) is 0 Å². The molecule has 2 aliphatic rings. The monoisotopic (exact) mass is 291 g/mol. The van der Waals surface area contributed by atoms with E-state index in [1.54, 1.807) is 0 Å². The van der Waals surface area contributed by atoms with Crippen LogP contribution in [0, 0.1) is 0 Å². The molecule has 3 rings (SSSR count). The maximum atomic E-state index is 12.3. The largest absolute Gasteiger partial charge is 0.378 e. The van der Waals surface area contributed by atoms with Crippen LogP contribution in [0.2, 0.25) is 0 Å². The van der Waals surface area contributed by atoms with Gasteiger partial charge in [0.05, 0.1) is 10.5 Å². The maximum Gasteiger partial charge on any atom is 0.159 e. The molecule has 0 radical (unpaired) electrons. The molecule has 2 heterocycles. The number of anilines is 1. The first-order valence-corrected chi connectivity index (χ1v) is 8.80. The van der Waals surface area contributed by atoms with Gasteiger partial charge in [-0.3, -0.25) is 0 Å². The van der Waals surface area contributed by atoms with Gasteiger partial charge < -0.3 is 4.90 Å². The van der Waals surface area contributed by atoms with Gasteiger partial charge in [0.25, 0.3) is 0 Å². The second-order valence-electron chi connectivity index (χ2n) is 6.02. The molecule has 3 nitrogen and oxygen atoms in total. The predicted molar refractivity (Wildman–Crippen MR) is 83.7 cm³/mol. The first-order chi connectivity index (χ1) is 9.48. The van der Waals surface area contributed by atoms with E-state index in [0.29, 0.717) is 6.42 Å². The number of sulfone groups is 1. The molecule has 2 bridgehead atoms. The van der Waals surface area contributed by atoms with Crippen LogP contribution in [0.15, 0.2) is 30.3 Å². The number of nitrogens with zero attached hydrogens (tertiary/aromatic N) is 1. The summed E-state index contributed by atoms with van der Waals surface area (Å²) >= 11 is 0. The van der Waals surface area contributed by atoms with Gasteiger partial charge >= 0.3 is 0 Å². The summed E-state index contributed by atoms with van der Waals surface area (Å²) in [7, 11) is 1.13. The fourth-order valence-electron chi connectivity index (χ4n) is 3.24. The Morgan fingerprint density at radius 1 is 1.10 bits per heavy atom. The molecule has 1 aromatic carbocycles. The third-order valence-electron chi connectivity index (χ3n) is 4.49. The standard InChI is InChI=1S/C16H21NO2S/c1-17(2)14-8-6-12(7-9-14)13-10-15-4-3-5-16(11-13)20(15,18)19/h6-10,15-16H,3-5,11H2,1-2H3. The molecule has 1 aromatic rings. The highest BCUT2D eigenvalue weighted by Crippen LogP contribution is 2.39. The normalized spacial score (nSPS) is 27.8. The summed E-state index contributed by atoms with van der Waals surface area (Å²) in [6.07, 6.45) is 5.33. The summed E-state index contributed by atoms with van der Waals surface area (Å²) < 4.78 is 24.5. The van der Waals surface area contributed by atoms with Gasteiger partial charge in [-0.25, -0.2) is 8.42 Å². The van der Waals surface area contributed by atoms with Crippen LogP contribution in [0.1, 0.15) is 31.2 Å². The highest BCUT2D eigenvalue weighted by Gasteiger charge is 2.40. The Morgan fingerprint density at radius 2 is 1.80 bits per heavy atom. The zero-order valence-corrected chi connectivity index (χ0v) is 12.9. The lowest BCUT2D eigenvalue weighted by Gasteiger charge is -2.33. The minimum atomic E-state index is -2.91. The summed E-state index contributed by atoms with van der Waals surface area (Å²) in [5.41, 5.74) is 3.54. The molecule has 2 unspecified atom stereocenters. The average molecular weight is 291 g/mol. The van der Waals surface area contributed by atoms with Crippen LogP contribution in [0.3, 0.4) is 0 Å². The van der Waals surface area contributed by atoms with E-state index in [4.69, 9.17) is 0 Å². The number of fused-ring (bicyclic) bond motifs is 2. The highest BCUT2D eigenvalue weighted by molar-refractivity contribution is 7.93. The topological polar surface area (TPSA) is 37.4 Å². The lowest BCUT2D eigenvalue weighted by Crippen LogP contribution is -2.38. The molecule has 2 atom stereocenters. The van der Waals surface area contributed by atoms with Crippen LogP contribution >= 0.6 is 0 Å². The van der Waals surface area contributed by atoms with Crippen molar-refractivity contribution in [1.29, 1.82) is 0 Å². The molecule has 0 spiro atoms. The zero-order valence-electron chi connectivity index (χ0n) is 12.0. The van der Waals surface area contributed by atoms with E-state index in [2.05, 4.69) is 29.2 Å². The first-order valence-electron chi connectivity index (χ1n) is 7.19. The van der Waals surface area contributed by atoms with E-state index < -0.39 is 9.84 Å². The van der Waals surface area contributed by atoms with Crippen molar-refractivity contribution in [3.63, 3.8) is 0 Å². The number of benzene rings is 1. The zero-order chi connectivity index (χ0) is 14.3. The molecule has 4 heteroatoms. The van der Waals surface area contributed by atoms with Crippen LogP contribution < -0.4 is 4.90 Å². The molecule has 1 fully saturated rings. The lowest BCUT2D eigenvalue weighted by molar-refractivity contribution is 0.518. The Hall–Kier alpha value is -1.29. The quantitative estimate of drug-likeness (QED) is 0.841. The lowest BCUT2D eigenvalue weighted by atomic mass is 9.93. The fourth-order valence-corrected chi connectivity index (χ4v) is 5.49. The van der Waals surface area contributed by atoms with Crippen molar-refractivity contribution in [1.82, 2.24) is 0 Å². The summed E-state index contributed by atoms with van der Waals surface area (Å²) in [6.45, 7) is 0. The van der Waals surface area contributed by atoms with E-state index in [1.165, 1.54) is 11.1 Å². The summed E-state index contributed by atoms with van der Waals surface area (Å²) in [6, 6.07) is 8.40.